The first-order valence-electron chi connectivity index (χ1n) is 8.74. The molecule has 1 heterocycles. The fourth-order valence-corrected chi connectivity index (χ4v) is 3.55. The van der Waals surface area contributed by atoms with Crippen LogP contribution in [0, 0.1) is 11.3 Å². The van der Waals surface area contributed by atoms with Gasteiger partial charge in [-0.25, -0.2) is 4.99 Å². The average molecular weight is 373 g/mol. The maximum absolute atomic E-state index is 9.89. The SMILES string of the molecule is CCCC1=C(C#N)C(c2ccccc2Cl)/C(=C(/N)C(CC)OC)C(N)=N1. The highest BCUT2D eigenvalue weighted by atomic mass is 35.5. The van der Waals surface area contributed by atoms with Crippen molar-refractivity contribution in [3.63, 3.8) is 0 Å². The van der Waals surface area contributed by atoms with Gasteiger partial charge >= 0.3 is 0 Å². The van der Waals surface area contributed by atoms with Crippen molar-refractivity contribution < 1.29 is 4.74 Å². The highest BCUT2D eigenvalue weighted by Crippen LogP contribution is 2.42. The van der Waals surface area contributed by atoms with E-state index in [9.17, 15) is 5.26 Å². The van der Waals surface area contributed by atoms with E-state index < -0.39 is 5.92 Å². The van der Waals surface area contributed by atoms with Gasteiger partial charge in [-0.3, -0.25) is 0 Å². The summed E-state index contributed by atoms with van der Waals surface area (Å²) in [7, 11) is 1.60. The zero-order valence-electron chi connectivity index (χ0n) is 15.4. The second-order valence-electron chi connectivity index (χ2n) is 6.18. The van der Waals surface area contributed by atoms with E-state index in [0.717, 1.165) is 12.0 Å². The highest BCUT2D eigenvalue weighted by Gasteiger charge is 2.34. The molecule has 1 aliphatic heterocycles. The first-order chi connectivity index (χ1) is 12.5. The second-order valence-corrected chi connectivity index (χ2v) is 6.58. The van der Waals surface area contributed by atoms with Crippen molar-refractivity contribution in [3.8, 4) is 6.07 Å². The van der Waals surface area contributed by atoms with Crippen LogP contribution in [0.25, 0.3) is 0 Å². The van der Waals surface area contributed by atoms with Gasteiger partial charge in [0.1, 0.15) is 5.84 Å². The van der Waals surface area contributed by atoms with E-state index in [4.69, 9.17) is 27.8 Å². The zero-order valence-corrected chi connectivity index (χ0v) is 16.2. The van der Waals surface area contributed by atoms with Crippen molar-refractivity contribution in [2.24, 2.45) is 16.5 Å². The van der Waals surface area contributed by atoms with Crippen LogP contribution in [0.5, 0.6) is 0 Å². The van der Waals surface area contributed by atoms with E-state index in [2.05, 4.69) is 11.1 Å². The first-order valence-corrected chi connectivity index (χ1v) is 9.12. The van der Waals surface area contributed by atoms with Gasteiger partial charge in [0.2, 0.25) is 0 Å². The third kappa shape index (κ3) is 3.77. The lowest BCUT2D eigenvalue weighted by atomic mass is 9.79. The molecule has 0 saturated carbocycles. The van der Waals surface area contributed by atoms with Crippen molar-refractivity contribution in [3.05, 3.63) is 57.4 Å². The number of nitrogens with two attached hydrogens (primary N) is 2. The van der Waals surface area contributed by atoms with Crippen LogP contribution in [0.3, 0.4) is 0 Å². The van der Waals surface area contributed by atoms with E-state index in [1.807, 2.05) is 32.0 Å². The zero-order chi connectivity index (χ0) is 19.3. The number of amidine groups is 1. The Bertz CT molecular complexity index is 800. The summed E-state index contributed by atoms with van der Waals surface area (Å²) in [5.41, 5.74) is 15.9. The number of benzene rings is 1. The number of aliphatic imine (C=N–C) groups is 1. The molecule has 1 aromatic rings. The summed E-state index contributed by atoms with van der Waals surface area (Å²) in [6.07, 6.45) is 1.90. The fourth-order valence-electron chi connectivity index (χ4n) is 3.30. The quantitative estimate of drug-likeness (QED) is 0.788. The van der Waals surface area contributed by atoms with E-state index in [-0.39, 0.29) is 6.10 Å². The Hall–Kier alpha value is -2.29. The topological polar surface area (TPSA) is 97.4 Å². The van der Waals surface area contributed by atoms with Gasteiger partial charge in [-0.15, -0.1) is 0 Å². The van der Waals surface area contributed by atoms with Crippen LogP contribution in [-0.4, -0.2) is 19.0 Å². The van der Waals surface area contributed by atoms with Gasteiger partial charge in [-0.1, -0.05) is 50.1 Å². The first kappa shape index (κ1) is 20.0. The lowest BCUT2D eigenvalue weighted by molar-refractivity contribution is 0.126. The molecule has 0 aromatic heterocycles. The van der Waals surface area contributed by atoms with Gasteiger partial charge in [0.25, 0.3) is 0 Å². The minimum atomic E-state index is -0.447. The van der Waals surface area contributed by atoms with Gasteiger partial charge in [0, 0.05) is 23.4 Å². The Morgan fingerprint density at radius 2 is 2.08 bits per heavy atom. The van der Waals surface area contributed by atoms with Crippen LogP contribution in [0.15, 0.2) is 51.8 Å². The van der Waals surface area contributed by atoms with Crippen molar-refractivity contribution >= 4 is 17.4 Å². The van der Waals surface area contributed by atoms with Gasteiger partial charge in [-0.05, 0) is 24.5 Å². The summed E-state index contributed by atoms with van der Waals surface area (Å²) in [4.78, 5) is 4.50. The van der Waals surface area contributed by atoms with E-state index in [0.29, 0.717) is 46.2 Å². The van der Waals surface area contributed by atoms with Crippen LogP contribution in [0.2, 0.25) is 5.02 Å². The van der Waals surface area contributed by atoms with Gasteiger partial charge in [0.05, 0.1) is 29.4 Å². The summed E-state index contributed by atoms with van der Waals surface area (Å²) in [6.45, 7) is 4.02. The molecule has 26 heavy (non-hydrogen) atoms. The Morgan fingerprint density at radius 3 is 2.62 bits per heavy atom. The van der Waals surface area contributed by atoms with E-state index >= 15 is 0 Å². The minimum Gasteiger partial charge on any atom is -0.400 e. The number of halogens is 1. The molecule has 0 fully saturated rings. The Kier molecular flexibility index (Phi) is 6.84. The molecule has 2 unspecified atom stereocenters. The monoisotopic (exact) mass is 372 g/mol. The van der Waals surface area contributed by atoms with Gasteiger partial charge < -0.3 is 16.2 Å². The summed E-state index contributed by atoms with van der Waals surface area (Å²) < 4.78 is 5.50. The molecule has 4 N–H and O–H groups in total. The van der Waals surface area contributed by atoms with E-state index in [1.165, 1.54) is 0 Å². The van der Waals surface area contributed by atoms with E-state index in [1.54, 1.807) is 13.2 Å². The molecule has 0 bridgehead atoms. The molecule has 6 heteroatoms. The number of rotatable bonds is 6. The molecule has 2 atom stereocenters. The summed E-state index contributed by atoms with van der Waals surface area (Å²) in [6, 6.07) is 9.76. The molecule has 0 spiro atoms. The number of nitrogens with zero attached hydrogens (tertiary/aromatic N) is 2. The average Bonchev–Trinajstić information content (AvgIpc) is 2.63. The molecular formula is C20H25ClN4O. The number of nitriles is 1. The van der Waals surface area contributed by atoms with Crippen molar-refractivity contribution in [1.82, 2.24) is 0 Å². The number of ether oxygens (including phenoxy) is 1. The third-order valence-electron chi connectivity index (χ3n) is 4.56. The number of hydrogen-bond donors (Lipinski definition) is 2. The summed E-state index contributed by atoms with van der Waals surface area (Å²) >= 11 is 6.46. The highest BCUT2D eigenvalue weighted by molar-refractivity contribution is 6.31. The number of methoxy groups -OCH3 is 1. The minimum absolute atomic E-state index is 0.309. The predicted molar refractivity (Wildman–Crippen MR) is 106 cm³/mol. The number of hydrogen-bond acceptors (Lipinski definition) is 5. The molecule has 0 amide bonds. The molecule has 5 nitrogen and oxygen atoms in total. The van der Waals surface area contributed by atoms with Crippen molar-refractivity contribution in [2.45, 2.75) is 45.1 Å². The lowest BCUT2D eigenvalue weighted by Crippen LogP contribution is -2.33. The summed E-state index contributed by atoms with van der Waals surface area (Å²) in [5.74, 6) is -0.123. The Balaban J connectivity index is 2.79. The summed E-state index contributed by atoms with van der Waals surface area (Å²) in [5, 5.41) is 10.5. The van der Waals surface area contributed by atoms with Crippen LogP contribution >= 0.6 is 11.6 Å². The third-order valence-corrected chi connectivity index (χ3v) is 4.90. The molecule has 138 valence electrons. The molecule has 1 aromatic carbocycles. The predicted octanol–water partition coefficient (Wildman–Crippen LogP) is 4.01. The maximum atomic E-state index is 9.89. The Labute approximate surface area is 160 Å². The van der Waals surface area contributed by atoms with Crippen molar-refractivity contribution in [1.29, 1.82) is 5.26 Å². The van der Waals surface area contributed by atoms with Gasteiger partial charge in [-0.2, -0.15) is 5.26 Å². The van der Waals surface area contributed by atoms with Crippen LogP contribution < -0.4 is 11.5 Å². The van der Waals surface area contributed by atoms with Crippen LogP contribution in [0.4, 0.5) is 0 Å². The van der Waals surface area contributed by atoms with Crippen LogP contribution in [-0.2, 0) is 4.74 Å². The maximum Gasteiger partial charge on any atom is 0.129 e. The largest absolute Gasteiger partial charge is 0.400 e. The normalized spacial score (nSPS) is 20.4. The van der Waals surface area contributed by atoms with Crippen molar-refractivity contribution in [2.75, 3.05) is 7.11 Å². The second kappa shape index (κ2) is 8.88. The fraction of sp³-hybridized carbons (Fsp3) is 0.400. The molecule has 0 radical (unpaired) electrons. The molecule has 2 rings (SSSR count). The van der Waals surface area contributed by atoms with Crippen LogP contribution in [0.1, 0.15) is 44.6 Å². The standard InChI is InChI=1S/C20H25ClN4O/c1-4-8-15-13(11-22)17(12-9-6-7-10-14(12)21)18(20(24)25-15)19(23)16(5-2)26-3/h6-7,9-10,16-17H,4-5,8,23H2,1-3H3,(H2,24,25)/b19-18-. The molecule has 1 aliphatic rings. The smallest absolute Gasteiger partial charge is 0.129 e. The van der Waals surface area contributed by atoms with Gasteiger partial charge in [0.15, 0.2) is 0 Å². The molecule has 0 aliphatic carbocycles. The molecule has 0 saturated heterocycles. The number of allylic oxidation sites excluding steroid dienone is 2. The Morgan fingerprint density at radius 1 is 1.38 bits per heavy atom. The lowest BCUT2D eigenvalue weighted by Gasteiger charge is -2.30. The molecular weight excluding hydrogens is 348 g/mol.